The van der Waals surface area contributed by atoms with Gasteiger partial charge in [-0.2, -0.15) is 8.42 Å². The second-order valence-electron chi connectivity index (χ2n) is 11.3. The van der Waals surface area contributed by atoms with Gasteiger partial charge in [0, 0.05) is 12.7 Å². The number of rotatable bonds is 11. The Morgan fingerprint density at radius 1 is 1.24 bits per heavy atom. The molecular formula is C26H42O7S. The molecule has 0 aromatic heterocycles. The molecule has 1 N–H and O–H groups in total. The summed E-state index contributed by atoms with van der Waals surface area (Å²) in [5, 5.41) is 0. The van der Waals surface area contributed by atoms with Crippen molar-refractivity contribution in [2.24, 2.45) is 28.6 Å². The van der Waals surface area contributed by atoms with Crippen molar-refractivity contribution in [2.75, 3.05) is 13.7 Å². The second-order valence-corrected chi connectivity index (χ2v) is 12.4. The van der Waals surface area contributed by atoms with Gasteiger partial charge in [-0.15, -0.1) is 0 Å². The molecule has 1 saturated carbocycles. The molecule has 2 aliphatic carbocycles. The molecule has 0 aromatic rings. The van der Waals surface area contributed by atoms with Crippen LogP contribution in [0.2, 0.25) is 0 Å². The van der Waals surface area contributed by atoms with Crippen molar-refractivity contribution < 1.29 is 31.4 Å². The molecule has 194 valence electrons. The summed E-state index contributed by atoms with van der Waals surface area (Å²) in [6.07, 6.45) is 12.0. The maximum atomic E-state index is 12.0. The summed E-state index contributed by atoms with van der Waals surface area (Å²) < 4.78 is 46.6. The minimum absolute atomic E-state index is 0.0419. The molecule has 0 radical (unpaired) electrons. The van der Waals surface area contributed by atoms with E-state index in [0.717, 1.165) is 19.3 Å². The third kappa shape index (κ3) is 6.50. The van der Waals surface area contributed by atoms with Crippen LogP contribution in [-0.4, -0.2) is 38.9 Å². The van der Waals surface area contributed by atoms with Crippen LogP contribution >= 0.6 is 0 Å². The average Bonchev–Trinajstić information content (AvgIpc) is 3.11. The largest absolute Gasteiger partial charge is 0.429 e. The number of allylic oxidation sites excluding steroid dienone is 2. The minimum atomic E-state index is -4.50. The third-order valence-electron chi connectivity index (χ3n) is 8.75. The normalized spacial score (nSPS) is 31.9. The zero-order valence-electron chi connectivity index (χ0n) is 21.3. The van der Waals surface area contributed by atoms with Crippen molar-refractivity contribution in [1.29, 1.82) is 0 Å². The molecule has 1 fully saturated rings. The highest BCUT2D eigenvalue weighted by atomic mass is 32.3. The van der Waals surface area contributed by atoms with Crippen LogP contribution in [0.1, 0.15) is 85.5 Å². The molecule has 34 heavy (non-hydrogen) atoms. The van der Waals surface area contributed by atoms with Crippen LogP contribution in [0.4, 0.5) is 0 Å². The van der Waals surface area contributed by atoms with E-state index in [1.165, 1.54) is 26.4 Å². The molecule has 0 aromatic carbocycles. The van der Waals surface area contributed by atoms with Gasteiger partial charge < -0.3 is 9.47 Å². The van der Waals surface area contributed by atoms with Gasteiger partial charge >= 0.3 is 16.4 Å². The number of ether oxygens (including phenoxy) is 2. The first-order valence-corrected chi connectivity index (χ1v) is 14.0. The molecule has 0 bridgehead atoms. The SMILES string of the molecule is CO[C@@H]1C=C(CCC[C@H](CC[C@]2(C)C3=CCCC(C)(C)[C@H]3CC[C@@H]2C)COS(=O)(=O)O)C(=O)O1. The first-order chi connectivity index (χ1) is 15.9. The molecule has 0 saturated heterocycles. The van der Waals surface area contributed by atoms with Crippen LogP contribution in [0.15, 0.2) is 23.3 Å². The monoisotopic (exact) mass is 498 g/mol. The molecule has 3 rings (SSSR count). The number of methoxy groups -OCH3 is 1. The van der Waals surface area contributed by atoms with Gasteiger partial charge in [0.15, 0.2) is 0 Å². The van der Waals surface area contributed by atoms with Crippen LogP contribution in [0.25, 0.3) is 0 Å². The fourth-order valence-electron chi connectivity index (χ4n) is 6.25. The van der Waals surface area contributed by atoms with Crippen molar-refractivity contribution in [3.8, 4) is 0 Å². The Balaban J connectivity index is 1.66. The molecule has 5 atom stereocenters. The Labute approximate surface area is 205 Å². The van der Waals surface area contributed by atoms with E-state index in [-0.39, 0.29) is 23.9 Å². The number of esters is 1. The number of fused-ring (bicyclic) bond motifs is 1. The number of carbonyl (C=O) groups excluding carboxylic acids is 1. The molecule has 0 amide bonds. The maximum Gasteiger partial charge on any atom is 0.397 e. The van der Waals surface area contributed by atoms with E-state index in [2.05, 4.69) is 33.8 Å². The zero-order valence-corrected chi connectivity index (χ0v) is 22.2. The zero-order chi connectivity index (χ0) is 25.1. The van der Waals surface area contributed by atoms with Gasteiger partial charge in [-0.1, -0.05) is 39.3 Å². The maximum absolute atomic E-state index is 12.0. The average molecular weight is 499 g/mol. The van der Waals surface area contributed by atoms with Crippen molar-refractivity contribution in [1.82, 2.24) is 0 Å². The van der Waals surface area contributed by atoms with Crippen LogP contribution in [-0.2, 0) is 28.9 Å². The summed E-state index contributed by atoms with van der Waals surface area (Å²) >= 11 is 0. The summed E-state index contributed by atoms with van der Waals surface area (Å²) in [6.45, 7) is 9.44. The molecule has 0 unspecified atom stereocenters. The Kier molecular flexibility index (Phi) is 8.70. The van der Waals surface area contributed by atoms with E-state index in [9.17, 15) is 13.2 Å². The lowest BCUT2D eigenvalue weighted by Crippen LogP contribution is -2.43. The Hall–Kier alpha value is -1.22. The smallest absolute Gasteiger partial charge is 0.397 e. The van der Waals surface area contributed by atoms with Crippen LogP contribution in [0.3, 0.4) is 0 Å². The molecule has 8 heteroatoms. The fourth-order valence-corrected chi connectivity index (χ4v) is 6.62. The standard InChI is InChI=1S/C26H42O7S/c1-18-11-12-21-22(10-7-14-25(21,2)3)26(18,4)15-13-19(17-32-34(28,29)30)8-6-9-20-16-23(31-5)33-24(20)27/h10,16,18-19,21,23H,6-9,11-15,17H2,1-5H3,(H,28,29,30)/t18-,19+,21-,23-,26-/m0/s1. The van der Waals surface area contributed by atoms with Crippen molar-refractivity contribution in [3.05, 3.63) is 23.3 Å². The van der Waals surface area contributed by atoms with Gasteiger partial charge in [-0.05, 0) is 92.4 Å². The summed E-state index contributed by atoms with van der Waals surface area (Å²) in [4.78, 5) is 12.0. The number of hydrogen-bond donors (Lipinski definition) is 1. The van der Waals surface area contributed by atoms with E-state index in [1.54, 1.807) is 11.6 Å². The highest BCUT2D eigenvalue weighted by molar-refractivity contribution is 7.80. The molecule has 1 heterocycles. The second kappa shape index (κ2) is 10.8. The Morgan fingerprint density at radius 2 is 1.97 bits per heavy atom. The number of cyclic esters (lactones) is 1. The highest BCUT2D eigenvalue weighted by Gasteiger charge is 2.47. The summed E-state index contributed by atoms with van der Waals surface area (Å²) in [5.41, 5.74) is 2.55. The van der Waals surface area contributed by atoms with E-state index in [0.29, 0.717) is 42.1 Å². The quantitative estimate of drug-likeness (QED) is 0.224. The van der Waals surface area contributed by atoms with Crippen molar-refractivity contribution in [3.63, 3.8) is 0 Å². The molecular weight excluding hydrogens is 456 g/mol. The first kappa shape index (κ1) is 27.4. The van der Waals surface area contributed by atoms with E-state index < -0.39 is 16.7 Å². The molecule has 7 nitrogen and oxygen atoms in total. The summed E-state index contributed by atoms with van der Waals surface area (Å²) in [6, 6.07) is 0. The van der Waals surface area contributed by atoms with Crippen LogP contribution < -0.4 is 0 Å². The van der Waals surface area contributed by atoms with Crippen LogP contribution in [0, 0.1) is 28.6 Å². The van der Waals surface area contributed by atoms with Gasteiger partial charge in [0.2, 0.25) is 6.29 Å². The predicted octanol–water partition coefficient (Wildman–Crippen LogP) is 5.63. The van der Waals surface area contributed by atoms with Gasteiger partial charge in [0.1, 0.15) is 0 Å². The number of carbonyl (C=O) groups is 1. The molecule has 1 aliphatic heterocycles. The van der Waals surface area contributed by atoms with E-state index in [1.807, 2.05) is 0 Å². The van der Waals surface area contributed by atoms with Gasteiger partial charge in [0.05, 0.1) is 6.61 Å². The minimum Gasteiger partial charge on any atom is -0.429 e. The first-order valence-electron chi connectivity index (χ1n) is 12.6. The van der Waals surface area contributed by atoms with Crippen molar-refractivity contribution >= 4 is 16.4 Å². The summed E-state index contributed by atoms with van der Waals surface area (Å²) in [7, 11) is -3.01. The van der Waals surface area contributed by atoms with Crippen molar-refractivity contribution in [2.45, 2.75) is 91.8 Å². The van der Waals surface area contributed by atoms with E-state index in [4.69, 9.17) is 18.2 Å². The van der Waals surface area contributed by atoms with Gasteiger partial charge in [0.25, 0.3) is 0 Å². The lowest BCUT2D eigenvalue weighted by molar-refractivity contribution is -0.155. The number of hydrogen-bond acceptors (Lipinski definition) is 6. The van der Waals surface area contributed by atoms with Gasteiger partial charge in [-0.25, -0.2) is 8.98 Å². The third-order valence-corrected chi connectivity index (χ3v) is 9.18. The Morgan fingerprint density at radius 3 is 2.62 bits per heavy atom. The Bertz CT molecular complexity index is 904. The summed E-state index contributed by atoms with van der Waals surface area (Å²) in [5.74, 6) is 0.749. The van der Waals surface area contributed by atoms with E-state index >= 15 is 0 Å². The fraction of sp³-hybridized carbons (Fsp3) is 0.808. The lowest BCUT2D eigenvalue weighted by atomic mass is 9.52. The highest BCUT2D eigenvalue weighted by Crippen LogP contribution is 2.58. The topological polar surface area (TPSA) is 99.1 Å². The van der Waals surface area contributed by atoms with Gasteiger partial charge in [-0.3, -0.25) is 4.55 Å². The lowest BCUT2D eigenvalue weighted by Gasteiger charge is -2.53. The molecule has 0 spiro atoms. The predicted molar refractivity (Wildman–Crippen MR) is 130 cm³/mol. The molecule has 3 aliphatic rings. The van der Waals surface area contributed by atoms with Crippen LogP contribution in [0.5, 0.6) is 0 Å².